The largest absolute Gasteiger partial charge is 0.493 e. The van der Waals surface area contributed by atoms with Crippen LogP contribution in [0.2, 0.25) is 0 Å². The molecular formula is C20H21FN6O2. The Labute approximate surface area is 166 Å². The molecule has 2 heterocycles. The van der Waals surface area contributed by atoms with Crippen molar-refractivity contribution >= 4 is 11.7 Å². The Morgan fingerprint density at radius 2 is 1.93 bits per heavy atom. The third-order valence-corrected chi connectivity index (χ3v) is 5.00. The number of amides is 1. The second-order valence-corrected chi connectivity index (χ2v) is 6.96. The van der Waals surface area contributed by atoms with Crippen LogP contribution < -0.4 is 15.8 Å². The zero-order valence-electron chi connectivity index (χ0n) is 15.7. The number of nitrogens with one attached hydrogen (secondary N) is 1. The first-order chi connectivity index (χ1) is 14.1. The van der Waals surface area contributed by atoms with E-state index in [9.17, 15) is 9.18 Å². The number of benzene rings is 1. The summed E-state index contributed by atoms with van der Waals surface area (Å²) in [6.45, 7) is 0.439. The molecular weight excluding hydrogens is 375 g/mol. The topological polar surface area (TPSA) is 108 Å². The number of nitrogen functional groups attached to an aromatic ring is 1. The summed E-state index contributed by atoms with van der Waals surface area (Å²) in [5.74, 6) is 0.363. The van der Waals surface area contributed by atoms with Gasteiger partial charge in [-0.25, -0.2) is 9.37 Å². The number of carbonyl (C=O) groups is 1. The van der Waals surface area contributed by atoms with Crippen molar-refractivity contribution in [2.24, 2.45) is 5.92 Å². The summed E-state index contributed by atoms with van der Waals surface area (Å²) in [4.78, 5) is 18.5. The first-order valence-electron chi connectivity index (χ1n) is 9.42. The minimum atomic E-state index is -0.330. The van der Waals surface area contributed by atoms with Crippen LogP contribution in [0.3, 0.4) is 0 Å². The average Bonchev–Trinajstić information content (AvgIpc) is 3.40. The van der Waals surface area contributed by atoms with Crippen molar-refractivity contribution in [3.63, 3.8) is 0 Å². The number of anilines is 1. The van der Waals surface area contributed by atoms with E-state index in [0.29, 0.717) is 18.0 Å². The number of hydrogen-bond donors (Lipinski definition) is 2. The molecule has 29 heavy (non-hydrogen) atoms. The van der Waals surface area contributed by atoms with Gasteiger partial charge in [0.1, 0.15) is 23.1 Å². The third-order valence-electron chi connectivity index (χ3n) is 5.00. The van der Waals surface area contributed by atoms with Crippen molar-refractivity contribution in [2.45, 2.75) is 25.3 Å². The average molecular weight is 396 g/mol. The van der Waals surface area contributed by atoms with Gasteiger partial charge in [-0.15, -0.1) is 4.80 Å². The molecule has 1 aliphatic rings. The quantitative estimate of drug-likeness (QED) is 0.662. The van der Waals surface area contributed by atoms with E-state index in [0.717, 1.165) is 19.3 Å². The molecule has 0 aliphatic heterocycles. The minimum absolute atomic E-state index is 0.0513. The van der Waals surface area contributed by atoms with Gasteiger partial charge in [0.2, 0.25) is 0 Å². The van der Waals surface area contributed by atoms with Gasteiger partial charge in [0, 0.05) is 12.0 Å². The standard InChI is InChI=1S/C20H21FN6O2/c21-14-4-6-15(7-5-14)29-12-13-2-1-3-16(13)25-20(28)19-17(8-9-18(22)26-19)27-23-10-11-24-27/h4-11,13,16H,1-3,12H2,(H2,22,26)(H,25,28)/t13-,16+/m1/s1. The maximum Gasteiger partial charge on any atom is 0.272 e. The van der Waals surface area contributed by atoms with E-state index in [2.05, 4.69) is 20.5 Å². The summed E-state index contributed by atoms with van der Waals surface area (Å²) < 4.78 is 18.8. The molecule has 1 amide bonds. The summed E-state index contributed by atoms with van der Waals surface area (Å²) in [6.07, 6.45) is 5.82. The van der Waals surface area contributed by atoms with E-state index >= 15 is 0 Å². The molecule has 2 aromatic heterocycles. The molecule has 3 aromatic rings. The zero-order valence-corrected chi connectivity index (χ0v) is 15.7. The van der Waals surface area contributed by atoms with Gasteiger partial charge in [-0.1, -0.05) is 6.42 Å². The molecule has 0 unspecified atom stereocenters. The summed E-state index contributed by atoms with van der Waals surface area (Å²) in [6, 6.07) is 9.13. The van der Waals surface area contributed by atoms with E-state index in [1.807, 2.05) is 0 Å². The Bertz CT molecular complexity index is 977. The maximum absolute atomic E-state index is 13.0. The fourth-order valence-corrected chi connectivity index (χ4v) is 3.53. The van der Waals surface area contributed by atoms with Crippen LogP contribution in [0.4, 0.5) is 10.2 Å². The Morgan fingerprint density at radius 1 is 1.17 bits per heavy atom. The minimum Gasteiger partial charge on any atom is -0.493 e. The van der Waals surface area contributed by atoms with E-state index < -0.39 is 0 Å². The van der Waals surface area contributed by atoms with E-state index in [-0.39, 0.29) is 35.2 Å². The van der Waals surface area contributed by atoms with Crippen LogP contribution >= 0.6 is 0 Å². The third kappa shape index (κ3) is 4.34. The van der Waals surface area contributed by atoms with Crippen LogP contribution in [0.15, 0.2) is 48.8 Å². The van der Waals surface area contributed by atoms with Gasteiger partial charge in [-0.2, -0.15) is 10.2 Å². The lowest BCUT2D eigenvalue weighted by atomic mass is 10.0. The molecule has 2 atom stereocenters. The van der Waals surface area contributed by atoms with Crippen molar-refractivity contribution in [1.82, 2.24) is 25.3 Å². The fourth-order valence-electron chi connectivity index (χ4n) is 3.53. The fraction of sp³-hybridized carbons (Fsp3) is 0.300. The molecule has 8 nitrogen and oxygen atoms in total. The number of nitrogens with zero attached hydrogens (tertiary/aromatic N) is 4. The molecule has 150 valence electrons. The number of nitrogens with two attached hydrogens (primary N) is 1. The van der Waals surface area contributed by atoms with Crippen LogP contribution in [-0.2, 0) is 0 Å². The monoisotopic (exact) mass is 396 g/mol. The van der Waals surface area contributed by atoms with Crippen molar-refractivity contribution in [3.05, 3.63) is 60.3 Å². The van der Waals surface area contributed by atoms with Gasteiger partial charge in [0.25, 0.3) is 5.91 Å². The van der Waals surface area contributed by atoms with Crippen molar-refractivity contribution in [3.8, 4) is 11.4 Å². The van der Waals surface area contributed by atoms with E-state index in [1.54, 1.807) is 24.3 Å². The number of aromatic nitrogens is 4. The highest BCUT2D eigenvalue weighted by molar-refractivity contribution is 5.96. The Hall–Kier alpha value is -3.49. The van der Waals surface area contributed by atoms with Gasteiger partial charge in [-0.05, 0) is 49.2 Å². The predicted molar refractivity (Wildman–Crippen MR) is 104 cm³/mol. The van der Waals surface area contributed by atoms with Gasteiger partial charge in [0.05, 0.1) is 19.0 Å². The summed E-state index contributed by atoms with van der Waals surface area (Å²) in [7, 11) is 0. The number of pyridine rings is 1. The number of halogens is 1. The highest BCUT2D eigenvalue weighted by Crippen LogP contribution is 2.27. The van der Waals surface area contributed by atoms with Gasteiger partial charge < -0.3 is 15.8 Å². The maximum atomic E-state index is 13.0. The lowest BCUT2D eigenvalue weighted by molar-refractivity contribution is 0.0913. The second kappa shape index (κ2) is 8.26. The van der Waals surface area contributed by atoms with Crippen LogP contribution in [-0.4, -0.2) is 38.5 Å². The highest BCUT2D eigenvalue weighted by atomic mass is 19.1. The molecule has 1 fully saturated rings. The van der Waals surface area contributed by atoms with Crippen LogP contribution in [0.5, 0.6) is 5.75 Å². The van der Waals surface area contributed by atoms with Gasteiger partial charge in [-0.3, -0.25) is 4.79 Å². The van der Waals surface area contributed by atoms with Crippen LogP contribution in [0.25, 0.3) is 5.69 Å². The Morgan fingerprint density at radius 3 is 2.69 bits per heavy atom. The second-order valence-electron chi connectivity index (χ2n) is 6.96. The molecule has 4 rings (SSSR count). The highest BCUT2D eigenvalue weighted by Gasteiger charge is 2.30. The lowest BCUT2D eigenvalue weighted by Crippen LogP contribution is -2.40. The predicted octanol–water partition coefficient (Wildman–Crippen LogP) is 2.36. The van der Waals surface area contributed by atoms with Crippen molar-refractivity contribution in [2.75, 3.05) is 12.3 Å². The SMILES string of the molecule is Nc1ccc(-n2nccn2)c(C(=O)N[C@H]2CCC[C@@H]2COc2ccc(F)cc2)n1. The first kappa shape index (κ1) is 18.9. The molecule has 0 radical (unpaired) electrons. The Balaban J connectivity index is 1.45. The van der Waals surface area contributed by atoms with Crippen molar-refractivity contribution in [1.29, 1.82) is 0 Å². The van der Waals surface area contributed by atoms with Crippen LogP contribution in [0.1, 0.15) is 29.8 Å². The molecule has 0 bridgehead atoms. The Kier molecular flexibility index (Phi) is 5.37. The smallest absolute Gasteiger partial charge is 0.272 e. The molecule has 1 aromatic carbocycles. The summed E-state index contributed by atoms with van der Waals surface area (Å²) in [5, 5.41) is 11.2. The molecule has 1 saturated carbocycles. The number of rotatable bonds is 6. The van der Waals surface area contributed by atoms with Gasteiger partial charge >= 0.3 is 0 Å². The number of ether oxygens (including phenoxy) is 1. The van der Waals surface area contributed by atoms with Crippen LogP contribution in [0, 0.1) is 11.7 Å². The number of hydrogen-bond acceptors (Lipinski definition) is 6. The molecule has 3 N–H and O–H groups in total. The summed E-state index contributed by atoms with van der Waals surface area (Å²) >= 11 is 0. The van der Waals surface area contributed by atoms with Crippen molar-refractivity contribution < 1.29 is 13.9 Å². The lowest BCUT2D eigenvalue weighted by Gasteiger charge is -2.21. The molecule has 1 aliphatic carbocycles. The summed E-state index contributed by atoms with van der Waals surface area (Å²) in [5.41, 5.74) is 6.42. The normalized spacial score (nSPS) is 18.5. The molecule has 0 saturated heterocycles. The molecule has 0 spiro atoms. The van der Waals surface area contributed by atoms with Gasteiger partial charge in [0.15, 0.2) is 5.69 Å². The van der Waals surface area contributed by atoms with E-state index in [4.69, 9.17) is 10.5 Å². The zero-order chi connectivity index (χ0) is 20.2. The van der Waals surface area contributed by atoms with E-state index in [1.165, 1.54) is 29.3 Å². The number of carbonyl (C=O) groups excluding carboxylic acids is 1. The first-order valence-corrected chi connectivity index (χ1v) is 9.42. The molecule has 9 heteroatoms.